The lowest BCUT2D eigenvalue weighted by molar-refractivity contribution is -0.121. The topological polar surface area (TPSA) is 60.5 Å². The summed E-state index contributed by atoms with van der Waals surface area (Å²) in [6, 6.07) is 14.1. The monoisotopic (exact) mass is 353 g/mol. The molecule has 138 valence electrons. The van der Waals surface area contributed by atoms with E-state index in [9.17, 15) is 4.79 Å². The highest BCUT2D eigenvalue weighted by atomic mass is 16.1. The number of carbonyl (C=O) groups excluding carboxylic acids is 1. The van der Waals surface area contributed by atoms with Crippen molar-refractivity contribution in [2.24, 2.45) is 0 Å². The van der Waals surface area contributed by atoms with E-state index >= 15 is 0 Å². The number of amides is 1. The summed E-state index contributed by atoms with van der Waals surface area (Å²) < 4.78 is 0. The Balaban J connectivity index is 1.37. The first kappa shape index (κ1) is 18.2. The van der Waals surface area contributed by atoms with Crippen molar-refractivity contribution in [3.05, 3.63) is 54.4 Å². The Morgan fingerprint density at radius 2 is 1.85 bits per heavy atom. The maximum absolute atomic E-state index is 11.9. The minimum Gasteiger partial charge on any atom is -0.385 e. The Kier molecular flexibility index (Phi) is 6.44. The van der Waals surface area contributed by atoms with E-state index in [1.165, 1.54) is 5.69 Å². The van der Waals surface area contributed by atoms with E-state index in [1.807, 2.05) is 18.2 Å². The molecular formula is C20H27N5O. The number of piperazine rings is 1. The van der Waals surface area contributed by atoms with Crippen LogP contribution < -0.4 is 15.5 Å². The summed E-state index contributed by atoms with van der Waals surface area (Å²) in [5.74, 6) is 0.0252. The van der Waals surface area contributed by atoms with Crippen LogP contribution in [0.15, 0.2) is 48.7 Å². The van der Waals surface area contributed by atoms with Crippen molar-refractivity contribution in [2.45, 2.75) is 13.0 Å². The normalized spacial score (nSPS) is 14.9. The van der Waals surface area contributed by atoms with E-state index in [2.05, 4.69) is 56.7 Å². The van der Waals surface area contributed by atoms with Gasteiger partial charge in [0.1, 0.15) is 0 Å². The third-order valence-corrected chi connectivity index (χ3v) is 4.61. The molecule has 2 heterocycles. The van der Waals surface area contributed by atoms with E-state index in [0.717, 1.165) is 37.6 Å². The summed E-state index contributed by atoms with van der Waals surface area (Å²) in [6.45, 7) is 5.43. The Bertz CT molecular complexity index is 681. The number of nitrogens with one attached hydrogen (secondary N) is 2. The fraction of sp³-hybridized carbons (Fsp3) is 0.400. The Hall–Kier alpha value is -2.60. The van der Waals surface area contributed by atoms with Crippen LogP contribution in [-0.4, -0.2) is 55.6 Å². The highest BCUT2D eigenvalue weighted by Gasteiger charge is 2.13. The fourth-order valence-corrected chi connectivity index (χ4v) is 2.96. The maximum Gasteiger partial charge on any atom is 0.222 e. The zero-order chi connectivity index (χ0) is 18.2. The summed E-state index contributed by atoms with van der Waals surface area (Å²) in [7, 11) is 2.16. The van der Waals surface area contributed by atoms with Crippen LogP contribution >= 0.6 is 0 Å². The number of carbonyl (C=O) groups is 1. The molecule has 1 saturated heterocycles. The van der Waals surface area contributed by atoms with E-state index in [-0.39, 0.29) is 5.91 Å². The van der Waals surface area contributed by atoms with Crippen LogP contribution in [0, 0.1) is 0 Å². The maximum atomic E-state index is 11.9. The number of rotatable bonds is 7. The lowest BCUT2D eigenvalue weighted by Gasteiger charge is -2.34. The van der Waals surface area contributed by atoms with Gasteiger partial charge in [0.25, 0.3) is 0 Å². The second-order valence-corrected chi connectivity index (χ2v) is 6.61. The molecule has 0 spiro atoms. The standard InChI is InChI=1S/C20H27N5O/c1-24-12-14-25(15-13-24)19-7-5-17(6-8-19)22-11-9-20(26)23-16-18-4-2-3-10-21-18/h2-8,10,22H,9,11-16H2,1H3,(H,23,26). The van der Waals surface area contributed by atoms with Crippen LogP contribution in [0.5, 0.6) is 0 Å². The van der Waals surface area contributed by atoms with Crippen molar-refractivity contribution in [1.82, 2.24) is 15.2 Å². The second-order valence-electron chi connectivity index (χ2n) is 6.61. The van der Waals surface area contributed by atoms with Crippen LogP contribution in [0.3, 0.4) is 0 Å². The number of pyridine rings is 1. The van der Waals surface area contributed by atoms with Gasteiger partial charge in [-0.2, -0.15) is 0 Å². The van der Waals surface area contributed by atoms with Crippen molar-refractivity contribution in [3.63, 3.8) is 0 Å². The minimum atomic E-state index is 0.0252. The van der Waals surface area contributed by atoms with E-state index in [1.54, 1.807) is 6.20 Å². The average Bonchev–Trinajstić information content (AvgIpc) is 2.68. The Morgan fingerprint density at radius 3 is 2.54 bits per heavy atom. The summed E-state index contributed by atoms with van der Waals surface area (Å²) in [5.41, 5.74) is 3.17. The third kappa shape index (κ3) is 5.46. The SMILES string of the molecule is CN1CCN(c2ccc(NCCC(=O)NCc3ccccn3)cc2)CC1. The predicted octanol–water partition coefficient (Wildman–Crippen LogP) is 1.95. The molecule has 2 N–H and O–H groups in total. The van der Waals surface area contributed by atoms with Gasteiger partial charge in [-0.05, 0) is 43.4 Å². The van der Waals surface area contributed by atoms with Crippen molar-refractivity contribution in [1.29, 1.82) is 0 Å². The van der Waals surface area contributed by atoms with Gasteiger partial charge < -0.3 is 20.4 Å². The second kappa shape index (κ2) is 9.20. The van der Waals surface area contributed by atoms with Gasteiger partial charge in [0.2, 0.25) is 5.91 Å². The largest absolute Gasteiger partial charge is 0.385 e. The van der Waals surface area contributed by atoms with Crippen LogP contribution in [0.2, 0.25) is 0 Å². The number of aromatic nitrogens is 1. The lowest BCUT2D eigenvalue weighted by Crippen LogP contribution is -2.44. The first-order valence-electron chi connectivity index (χ1n) is 9.15. The summed E-state index contributed by atoms with van der Waals surface area (Å²) in [6.07, 6.45) is 2.17. The summed E-state index contributed by atoms with van der Waals surface area (Å²) in [5, 5.41) is 6.20. The molecule has 1 aliphatic rings. The van der Waals surface area contributed by atoms with E-state index < -0.39 is 0 Å². The molecule has 1 fully saturated rings. The molecule has 0 radical (unpaired) electrons. The van der Waals surface area contributed by atoms with Crippen LogP contribution in [-0.2, 0) is 11.3 Å². The lowest BCUT2D eigenvalue weighted by atomic mass is 10.2. The number of likely N-dealkylation sites (N-methyl/N-ethyl adjacent to an activating group) is 1. The molecule has 0 bridgehead atoms. The first-order valence-corrected chi connectivity index (χ1v) is 9.15. The van der Waals surface area contributed by atoms with E-state index in [4.69, 9.17) is 0 Å². The van der Waals surface area contributed by atoms with Crippen molar-refractivity contribution in [2.75, 3.05) is 50.0 Å². The third-order valence-electron chi connectivity index (χ3n) is 4.61. The predicted molar refractivity (Wildman–Crippen MR) is 105 cm³/mol. The molecule has 0 atom stereocenters. The van der Waals surface area contributed by atoms with Gasteiger partial charge in [-0.25, -0.2) is 0 Å². The molecule has 1 aromatic carbocycles. The number of anilines is 2. The minimum absolute atomic E-state index is 0.0252. The molecule has 0 aliphatic carbocycles. The molecular weight excluding hydrogens is 326 g/mol. The van der Waals surface area contributed by atoms with Crippen molar-refractivity contribution < 1.29 is 4.79 Å². The molecule has 1 aromatic heterocycles. The quantitative estimate of drug-likeness (QED) is 0.797. The van der Waals surface area contributed by atoms with Gasteiger partial charge in [0.15, 0.2) is 0 Å². The van der Waals surface area contributed by atoms with Gasteiger partial charge >= 0.3 is 0 Å². The van der Waals surface area contributed by atoms with Gasteiger partial charge in [-0.3, -0.25) is 9.78 Å². The first-order chi connectivity index (χ1) is 12.7. The van der Waals surface area contributed by atoms with Crippen LogP contribution in [0.4, 0.5) is 11.4 Å². The molecule has 1 amide bonds. The van der Waals surface area contributed by atoms with Crippen molar-refractivity contribution >= 4 is 17.3 Å². The average molecular weight is 353 g/mol. The highest BCUT2D eigenvalue weighted by Crippen LogP contribution is 2.19. The van der Waals surface area contributed by atoms with Crippen LogP contribution in [0.25, 0.3) is 0 Å². The zero-order valence-electron chi connectivity index (χ0n) is 15.3. The molecule has 0 unspecified atom stereocenters. The molecule has 26 heavy (non-hydrogen) atoms. The molecule has 3 rings (SSSR count). The van der Waals surface area contributed by atoms with E-state index in [0.29, 0.717) is 19.5 Å². The van der Waals surface area contributed by atoms with Gasteiger partial charge in [-0.1, -0.05) is 6.07 Å². The smallest absolute Gasteiger partial charge is 0.222 e. The molecule has 6 heteroatoms. The fourth-order valence-electron chi connectivity index (χ4n) is 2.96. The summed E-state index contributed by atoms with van der Waals surface area (Å²) in [4.78, 5) is 20.9. The Labute approximate surface area is 155 Å². The number of hydrogen-bond donors (Lipinski definition) is 2. The van der Waals surface area contributed by atoms with Crippen LogP contribution in [0.1, 0.15) is 12.1 Å². The molecule has 1 aliphatic heterocycles. The molecule has 6 nitrogen and oxygen atoms in total. The molecule has 2 aromatic rings. The summed E-state index contributed by atoms with van der Waals surface area (Å²) >= 11 is 0. The number of hydrogen-bond acceptors (Lipinski definition) is 5. The van der Waals surface area contributed by atoms with Crippen molar-refractivity contribution in [3.8, 4) is 0 Å². The zero-order valence-corrected chi connectivity index (χ0v) is 15.3. The van der Waals surface area contributed by atoms with Gasteiger partial charge in [-0.15, -0.1) is 0 Å². The van der Waals surface area contributed by atoms with Gasteiger partial charge in [0, 0.05) is 56.7 Å². The number of benzene rings is 1. The van der Waals surface area contributed by atoms with Gasteiger partial charge in [0.05, 0.1) is 12.2 Å². The molecule has 0 saturated carbocycles. The Morgan fingerprint density at radius 1 is 1.08 bits per heavy atom. The number of nitrogens with zero attached hydrogens (tertiary/aromatic N) is 3. The highest BCUT2D eigenvalue weighted by molar-refractivity contribution is 5.76.